The van der Waals surface area contributed by atoms with Crippen LogP contribution in [0.5, 0.6) is 0 Å². The first-order valence-corrected chi connectivity index (χ1v) is 4.94. The summed E-state index contributed by atoms with van der Waals surface area (Å²) in [6, 6.07) is 0. The van der Waals surface area contributed by atoms with Gasteiger partial charge in [-0.2, -0.15) is 0 Å². The van der Waals surface area contributed by atoms with E-state index in [2.05, 4.69) is 52.4 Å². The van der Waals surface area contributed by atoms with E-state index in [-0.39, 0.29) is 11.0 Å². The molecule has 0 unspecified atom stereocenters. The largest absolute Gasteiger partial charge is 0.291 e. The van der Waals surface area contributed by atoms with E-state index < -0.39 is 0 Å². The molecule has 1 heteroatoms. The standard InChI is InChI=1S/C12H23N/c1-7-8-9-12(5,6)10-13-11(2,3)4/h7,10H,1,8-9H2,2-6H3. The predicted octanol–water partition coefficient (Wildman–Crippen LogP) is 3.85. The minimum Gasteiger partial charge on any atom is -0.291 e. The van der Waals surface area contributed by atoms with Crippen molar-refractivity contribution in [3.63, 3.8) is 0 Å². The zero-order valence-corrected chi connectivity index (χ0v) is 9.72. The molecule has 0 spiro atoms. The summed E-state index contributed by atoms with van der Waals surface area (Å²) in [5.41, 5.74) is 0.243. The van der Waals surface area contributed by atoms with Crippen molar-refractivity contribution in [2.45, 2.75) is 53.0 Å². The Labute approximate surface area is 83.0 Å². The molecule has 0 aromatic rings. The lowest BCUT2D eigenvalue weighted by molar-refractivity contribution is 0.480. The van der Waals surface area contributed by atoms with Crippen LogP contribution in [-0.2, 0) is 0 Å². The van der Waals surface area contributed by atoms with Crippen LogP contribution in [0.4, 0.5) is 0 Å². The van der Waals surface area contributed by atoms with Gasteiger partial charge in [0.2, 0.25) is 0 Å². The monoisotopic (exact) mass is 181 g/mol. The molecular weight excluding hydrogens is 158 g/mol. The maximum atomic E-state index is 4.52. The molecule has 0 atom stereocenters. The van der Waals surface area contributed by atoms with Gasteiger partial charge in [-0.25, -0.2) is 0 Å². The van der Waals surface area contributed by atoms with Gasteiger partial charge >= 0.3 is 0 Å². The van der Waals surface area contributed by atoms with E-state index in [9.17, 15) is 0 Å². The molecule has 0 saturated heterocycles. The highest BCUT2D eigenvalue weighted by Gasteiger charge is 2.15. The van der Waals surface area contributed by atoms with Crippen molar-refractivity contribution in [2.24, 2.45) is 10.4 Å². The molecule has 0 N–H and O–H groups in total. The summed E-state index contributed by atoms with van der Waals surface area (Å²) in [6.45, 7) is 14.5. The maximum absolute atomic E-state index is 4.52. The first-order chi connectivity index (χ1) is 5.77. The molecule has 13 heavy (non-hydrogen) atoms. The number of rotatable bonds is 4. The molecule has 0 aliphatic rings. The third kappa shape index (κ3) is 7.76. The lowest BCUT2D eigenvalue weighted by Crippen LogP contribution is -2.17. The Balaban J connectivity index is 4.15. The predicted molar refractivity (Wildman–Crippen MR) is 61.5 cm³/mol. The average Bonchev–Trinajstić information content (AvgIpc) is 1.97. The Bertz CT molecular complexity index is 182. The molecule has 1 nitrogen and oxygen atoms in total. The third-order valence-corrected chi connectivity index (χ3v) is 1.79. The molecule has 0 fully saturated rings. The Morgan fingerprint density at radius 1 is 1.15 bits per heavy atom. The molecule has 0 aromatic heterocycles. The van der Waals surface area contributed by atoms with E-state index >= 15 is 0 Å². The summed E-state index contributed by atoms with van der Waals surface area (Å²) in [6.07, 6.45) is 6.22. The summed E-state index contributed by atoms with van der Waals surface area (Å²) < 4.78 is 0. The van der Waals surface area contributed by atoms with Gasteiger partial charge < -0.3 is 0 Å². The van der Waals surface area contributed by atoms with Crippen molar-refractivity contribution in [1.29, 1.82) is 0 Å². The van der Waals surface area contributed by atoms with Crippen molar-refractivity contribution in [1.82, 2.24) is 0 Å². The van der Waals surface area contributed by atoms with Crippen LogP contribution in [0.1, 0.15) is 47.5 Å². The van der Waals surface area contributed by atoms with Gasteiger partial charge in [0.05, 0.1) is 5.54 Å². The van der Waals surface area contributed by atoms with Crippen molar-refractivity contribution in [3.05, 3.63) is 12.7 Å². The molecule has 0 aliphatic heterocycles. The molecule has 0 aromatic carbocycles. The van der Waals surface area contributed by atoms with Crippen LogP contribution in [0.25, 0.3) is 0 Å². The quantitative estimate of drug-likeness (QED) is 0.461. The first kappa shape index (κ1) is 12.4. The number of allylic oxidation sites excluding steroid dienone is 1. The van der Waals surface area contributed by atoms with E-state index in [4.69, 9.17) is 0 Å². The van der Waals surface area contributed by atoms with Crippen LogP contribution in [0, 0.1) is 5.41 Å². The van der Waals surface area contributed by atoms with Gasteiger partial charge in [-0.15, -0.1) is 6.58 Å². The highest BCUT2D eigenvalue weighted by atomic mass is 14.8. The van der Waals surface area contributed by atoms with Crippen molar-refractivity contribution < 1.29 is 0 Å². The summed E-state index contributed by atoms with van der Waals surface area (Å²) in [5.74, 6) is 0. The van der Waals surface area contributed by atoms with E-state index in [1.807, 2.05) is 6.08 Å². The van der Waals surface area contributed by atoms with Gasteiger partial charge in [-0.3, -0.25) is 4.99 Å². The second-order valence-electron chi connectivity index (χ2n) is 5.24. The van der Waals surface area contributed by atoms with Gasteiger partial charge in [0.15, 0.2) is 0 Å². The Kier molecular flexibility index (Phi) is 4.38. The number of hydrogen-bond acceptors (Lipinski definition) is 1. The highest BCUT2D eigenvalue weighted by Crippen LogP contribution is 2.21. The molecule has 0 amide bonds. The second kappa shape index (κ2) is 4.59. The van der Waals surface area contributed by atoms with Crippen LogP contribution >= 0.6 is 0 Å². The van der Waals surface area contributed by atoms with Gasteiger partial charge in [0.25, 0.3) is 0 Å². The van der Waals surface area contributed by atoms with E-state index in [1.165, 1.54) is 0 Å². The Hall–Kier alpha value is -0.590. The lowest BCUT2D eigenvalue weighted by atomic mass is 9.89. The minimum absolute atomic E-state index is 0.0471. The Morgan fingerprint density at radius 3 is 2.08 bits per heavy atom. The normalized spacial score (nSPS) is 13.6. The molecular formula is C12H23N. The van der Waals surface area contributed by atoms with Gasteiger partial charge in [-0.05, 0) is 39.0 Å². The smallest absolute Gasteiger partial charge is 0.0520 e. The SMILES string of the molecule is C=CCCC(C)(C)C=NC(C)(C)C. The fourth-order valence-corrected chi connectivity index (χ4v) is 0.907. The van der Waals surface area contributed by atoms with Crippen molar-refractivity contribution in [3.8, 4) is 0 Å². The van der Waals surface area contributed by atoms with Crippen LogP contribution < -0.4 is 0 Å². The maximum Gasteiger partial charge on any atom is 0.0520 e. The summed E-state index contributed by atoms with van der Waals surface area (Å²) in [5, 5.41) is 0. The zero-order valence-electron chi connectivity index (χ0n) is 9.72. The molecule has 0 aliphatic carbocycles. The second-order valence-corrected chi connectivity index (χ2v) is 5.24. The van der Waals surface area contributed by atoms with Crippen LogP contribution in [0.2, 0.25) is 0 Å². The Morgan fingerprint density at radius 2 is 1.69 bits per heavy atom. The van der Waals surface area contributed by atoms with E-state index in [0.29, 0.717) is 0 Å². The fourth-order valence-electron chi connectivity index (χ4n) is 0.907. The number of aliphatic imine (C=N–C) groups is 1. The van der Waals surface area contributed by atoms with Gasteiger partial charge in [0, 0.05) is 6.21 Å². The average molecular weight is 181 g/mol. The minimum atomic E-state index is 0.0471. The lowest BCUT2D eigenvalue weighted by Gasteiger charge is -2.21. The fraction of sp³-hybridized carbons (Fsp3) is 0.750. The number of hydrogen-bond donors (Lipinski definition) is 0. The summed E-state index contributed by atoms with van der Waals surface area (Å²) in [7, 11) is 0. The summed E-state index contributed by atoms with van der Waals surface area (Å²) in [4.78, 5) is 4.52. The highest BCUT2D eigenvalue weighted by molar-refractivity contribution is 5.65. The van der Waals surface area contributed by atoms with Crippen LogP contribution in [0.3, 0.4) is 0 Å². The van der Waals surface area contributed by atoms with E-state index in [0.717, 1.165) is 12.8 Å². The number of nitrogens with zero attached hydrogens (tertiary/aromatic N) is 1. The third-order valence-electron chi connectivity index (χ3n) is 1.79. The molecule has 0 heterocycles. The summed E-state index contributed by atoms with van der Waals surface area (Å²) >= 11 is 0. The van der Waals surface area contributed by atoms with Crippen molar-refractivity contribution in [2.75, 3.05) is 0 Å². The molecule has 0 rings (SSSR count). The van der Waals surface area contributed by atoms with Gasteiger partial charge in [-0.1, -0.05) is 19.9 Å². The van der Waals surface area contributed by atoms with Gasteiger partial charge in [0.1, 0.15) is 0 Å². The molecule has 76 valence electrons. The molecule has 0 bridgehead atoms. The van der Waals surface area contributed by atoms with Crippen LogP contribution in [-0.4, -0.2) is 11.8 Å². The zero-order chi connectivity index (χ0) is 10.5. The first-order valence-electron chi connectivity index (χ1n) is 4.94. The topological polar surface area (TPSA) is 12.4 Å². The van der Waals surface area contributed by atoms with E-state index in [1.54, 1.807) is 0 Å². The molecule has 0 radical (unpaired) electrons. The van der Waals surface area contributed by atoms with Crippen LogP contribution in [0.15, 0.2) is 17.6 Å². The van der Waals surface area contributed by atoms with Crippen molar-refractivity contribution >= 4 is 6.21 Å². The molecule has 0 saturated carbocycles.